The molecule has 1 aliphatic heterocycles. The molecule has 0 spiro atoms. The molecule has 1 aliphatic rings. The molecule has 6 nitrogen and oxygen atoms in total. The fourth-order valence-electron chi connectivity index (χ4n) is 1.78. The Hall–Kier alpha value is -1.18. The minimum absolute atomic E-state index is 0.148. The van der Waals surface area contributed by atoms with E-state index in [9.17, 15) is 4.79 Å². The number of aromatic nitrogens is 1. The van der Waals surface area contributed by atoms with Gasteiger partial charge in [0.15, 0.2) is 5.13 Å². The second-order valence-corrected chi connectivity index (χ2v) is 4.73. The smallest absolute Gasteiger partial charge is 0.268 e. The van der Waals surface area contributed by atoms with Gasteiger partial charge in [0.1, 0.15) is 5.69 Å². The van der Waals surface area contributed by atoms with Crippen molar-refractivity contribution in [1.82, 2.24) is 4.98 Å². The van der Waals surface area contributed by atoms with E-state index in [4.69, 9.17) is 16.2 Å². The number of hydrogen-bond acceptors (Lipinski definition) is 6. The maximum Gasteiger partial charge on any atom is 0.268 e. The predicted octanol–water partition coefficient (Wildman–Crippen LogP) is -0.204. The molecule has 1 aromatic rings. The lowest BCUT2D eigenvalue weighted by Gasteiger charge is -2.32. The molecule has 0 bridgehead atoms. The standard InChI is InChI=1S/C10H16N4O2S/c11-2-1-7-5-14(3-4-16-7)10-13-8(6-17-10)9(12)15/h6-7H,1-5,11H2,(H2,12,15). The third kappa shape index (κ3) is 2.93. The van der Waals surface area contributed by atoms with Crippen molar-refractivity contribution in [3.63, 3.8) is 0 Å². The van der Waals surface area contributed by atoms with Crippen LogP contribution in [0.5, 0.6) is 0 Å². The normalized spacial score (nSPS) is 20.5. The van der Waals surface area contributed by atoms with Crippen molar-refractivity contribution in [3.05, 3.63) is 11.1 Å². The fraction of sp³-hybridized carbons (Fsp3) is 0.600. The molecule has 7 heteroatoms. The van der Waals surface area contributed by atoms with Gasteiger partial charge in [-0.15, -0.1) is 11.3 Å². The van der Waals surface area contributed by atoms with Gasteiger partial charge in [0, 0.05) is 18.5 Å². The van der Waals surface area contributed by atoms with E-state index in [-0.39, 0.29) is 6.10 Å². The van der Waals surface area contributed by atoms with Crippen LogP contribution >= 0.6 is 11.3 Å². The molecule has 2 heterocycles. The van der Waals surface area contributed by atoms with Crippen molar-refractivity contribution in [3.8, 4) is 0 Å². The van der Waals surface area contributed by atoms with Gasteiger partial charge in [0.2, 0.25) is 0 Å². The number of amides is 1. The molecule has 1 amide bonds. The minimum Gasteiger partial charge on any atom is -0.374 e. The quantitative estimate of drug-likeness (QED) is 0.777. The maximum atomic E-state index is 11.0. The third-order valence-corrected chi connectivity index (χ3v) is 3.54. The van der Waals surface area contributed by atoms with Crippen LogP contribution < -0.4 is 16.4 Å². The summed E-state index contributed by atoms with van der Waals surface area (Å²) in [5.74, 6) is -0.487. The molecule has 4 N–H and O–H groups in total. The van der Waals surface area contributed by atoms with Gasteiger partial charge in [-0.3, -0.25) is 4.79 Å². The second-order valence-electron chi connectivity index (χ2n) is 3.90. The summed E-state index contributed by atoms with van der Waals surface area (Å²) in [6.07, 6.45) is 0.986. The Morgan fingerprint density at radius 1 is 1.71 bits per heavy atom. The Labute approximate surface area is 104 Å². The summed E-state index contributed by atoms with van der Waals surface area (Å²) in [6, 6.07) is 0. The number of thiazole rings is 1. The van der Waals surface area contributed by atoms with Gasteiger partial charge in [-0.25, -0.2) is 4.98 Å². The molecule has 0 saturated carbocycles. The molecule has 1 saturated heterocycles. The molecule has 17 heavy (non-hydrogen) atoms. The zero-order chi connectivity index (χ0) is 12.3. The van der Waals surface area contributed by atoms with Gasteiger partial charge < -0.3 is 21.1 Å². The molecule has 1 unspecified atom stereocenters. The monoisotopic (exact) mass is 256 g/mol. The van der Waals surface area contributed by atoms with Gasteiger partial charge in [0.05, 0.1) is 12.7 Å². The average molecular weight is 256 g/mol. The largest absolute Gasteiger partial charge is 0.374 e. The molecular weight excluding hydrogens is 240 g/mol. The van der Waals surface area contributed by atoms with Crippen LogP contribution in [0.4, 0.5) is 5.13 Å². The van der Waals surface area contributed by atoms with Crippen molar-refractivity contribution in [2.75, 3.05) is 31.1 Å². The molecule has 2 rings (SSSR count). The Bertz CT molecular complexity index is 393. The predicted molar refractivity (Wildman–Crippen MR) is 66.3 cm³/mol. The van der Waals surface area contributed by atoms with Gasteiger partial charge in [-0.2, -0.15) is 0 Å². The second kappa shape index (κ2) is 5.44. The SMILES string of the molecule is NCCC1CN(c2nc(C(N)=O)cs2)CCO1. The molecule has 94 valence electrons. The van der Waals surface area contributed by atoms with E-state index >= 15 is 0 Å². The van der Waals surface area contributed by atoms with Crippen molar-refractivity contribution in [1.29, 1.82) is 0 Å². The number of nitrogens with two attached hydrogens (primary N) is 2. The fourth-order valence-corrected chi connectivity index (χ4v) is 2.63. The van der Waals surface area contributed by atoms with Crippen molar-refractivity contribution in [2.24, 2.45) is 11.5 Å². The summed E-state index contributed by atoms with van der Waals surface area (Å²) in [7, 11) is 0. The summed E-state index contributed by atoms with van der Waals surface area (Å²) in [5, 5.41) is 2.51. The molecule has 0 radical (unpaired) electrons. The molecule has 0 aliphatic carbocycles. The van der Waals surface area contributed by atoms with E-state index in [1.165, 1.54) is 11.3 Å². The Kier molecular flexibility index (Phi) is 3.93. The summed E-state index contributed by atoms with van der Waals surface area (Å²) in [6.45, 7) is 2.83. The first-order valence-electron chi connectivity index (χ1n) is 5.52. The minimum atomic E-state index is -0.487. The van der Waals surface area contributed by atoms with Crippen molar-refractivity contribution in [2.45, 2.75) is 12.5 Å². The van der Waals surface area contributed by atoms with Gasteiger partial charge >= 0.3 is 0 Å². The van der Waals surface area contributed by atoms with E-state index in [1.807, 2.05) is 0 Å². The van der Waals surface area contributed by atoms with Crippen LogP contribution in [0, 0.1) is 0 Å². The summed E-state index contributed by atoms with van der Waals surface area (Å²) in [4.78, 5) is 17.3. The van der Waals surface area contributed by atoms with E-state index < -0.39 is 5.91 Å². The molecule has 0 aromatic carbocycles. The highest BCUT2D eigenvalue weighted by Gasteiger charge is 2.22. The van der Waals surface area contributed by atoms with Crippen LogP contribution in [0.3, 0.4) is 0 Å². The Balaban J connectivity index is 2.02. The lowest BCUT2D eigenvalue weighted by Crippen LogP contribution is -2.43. The summed E-state index contributed by atoms with van der Waals surface area (Å²) < 4.78 is 5.59. The van der Waals surface area contributed by atoms with Crippen LogP contribution in [0.1, 0.15) is 16.9 Å². The first-order chi connectivity index (χ1) is 8.20. The molecule has 1 fully saturated rings. The molecule has 1 atom stereocenters. The summed E-state index contributed by atoms with van der Waals surface area (Å²) >= 11 is 1.43. The van der Waals surface area contributed by atoms with E-state index in [0.29, 0.717) is 18.8 Å². The number of anilines is 1. The van der Waals surface area contributed by atoms with E-state index in [2.05, 4.69) is 9.88 Å². The Morgan fingerprint density at radius 2 is 2.53 bits per heavy atom. The number of hydrogen-bond donors (Lipinski definition) is 2. The van der Waals surface area contributed by atoms with Crippen LogP contribution in [0.25, 0.3) is 0 Å². The first-order valence-corrected chi connectivity index (χ1v) is 6.40. The van der Waals surface area contributed by atoms with Crippen molar-refractivity contribution >= 4 is 22.4 Å². The van der Waals surface area contributed by atoms with Crippen LogP contribution in [-0.2, 0) is 4.74 Å². The van der Waals surface area contributed by atoms with Crippen LogP contribution in [0.2, 0.25) is 0 Å². The maximum absolute atomic E-state index is 11.0. The highest BCUT2D eigenvalue weighted by atomic mass is 32.1. The first kappa shape index (κ1) is 12.3. The zero-order valence-electron chi connectivity index (χ0n) is 9.46. The van der Waals surface area contributed by atoms with Crippen LogP contribution in [-0.4, -0.2) is 43.2 Å². The number of morpholine rings is 1. The van der Waals surface area contributed by atoms with Gasteiger partial charge in [-0.1, -0.05) is 0 Å². The Morgan fingerprint density at radius 3 is 3.18 bits per heavy atom. The number of primary amides is 1. The molecule has 1 aromatic heterocycles. The van der Waals surface area contributed by atoms with Gasteiger partial charge in [0.25, 0.3) is 5.91 Å². The van der Waals surface area contributed by atoms with E-state index in [1.54, 1.807) is 5.38 Å². The van der Waals surface area contributed by atoms with Gasteiger partial charge in [-0.05, 0) is 13.0 Å². The van der Waals surface area contributed by atoms with E-state index in [0.717, 1.165) is 24.6 Å². The number of nitrogens with zero attached hydrogens (tertiary/aromatic N) is 2. The third-order valence-electron chi connectivity index (χ3n) is 2.64. The number of rotatable bonds is 4. The zero-order valence-corrected chi connectivity index (χ0v) is 10.3. The van der Waals surface area contributed by atoms with Crippen LogP contribution in [0.15, 0.2) is 5.38 Å². The molecular formula is C10H16N4O2S. The summed E-state index contributed by atoms with van der Waals surface area (Å²) in [5.41, 5.74) is 11.0. The highest BCUT2D eigenvalue weighted by molar-refractivity contribution is 7.13. The lowest BCUT2D eigenvalue weighted by atomic mass is 10.2. The number of carbonyl (C=O) groups is 1. The highest BCUT2D eigenvalue weighted by Crippen LogP contribution is 2.23. The van der Waals surface area contributed by atoms with Crippen molar-refractivity contribution < 1.29 is 9.53 Å². The lowest BCUT2D eigenvalue weighted by molar-refractivity contribution is 0.0368. The topological polar surface area (TPSA) is 94.5 Å². The number of ether oxygens (including phenoxy) is 1. The average Bonchev–Trinajstić information content (AvgIpc) is 2.79. The number of carbonyl (C=O) groups excluding carboxylic acids is 1.